The van der Waals surface area contributed by atoms with Crippen LogP contribution in [0.2, 0.25) is 0 Å². The minimum absolute atomic E-state index is 0.221. The molecule has 1 rings (SSSR count). The van der Waals surface area contributed by atoms with Crippen LogP contribution < -0.4 is 10.6 Å². The molecule has 1 fully saturated rings. The first-order chi connectivity index (χ1) is 8.90. The van der Waals surface area contributed by atoms with Crippen molar-refractivity contribution >= 4 is 5.96 Å². The van der Waals surface area contributed by atoms with Crippen molar-refractivity contribution in [3.63, 3.8) is 0 Å². The lowest BCUT2D eigenvalue weighted by Crippen LogP contribution is -2.45. The van der Waals surface area contributed by atoms with Crippen LogP contribution in [-0.4, -0.2) is 31.3 Å². The number of nitrogens with one attached hydrogen (secondary N) is 2. The maximum Gasteiger partial charge on any atom is 0.390 e. The third kappa shape index (κ3) is 7.28. The fraction of sp³-hybridized carbons (Fsp3) is 0.923. The van der Waals surface area contributed by atoms with Gasteiger partial charge < -0.3 is 10.6 Å². The second-order valence-electron chi connectivity index (χ2n) is 5.24. The Morgan fingerprint density at radius 3 is 2.63 bits per heavy atom. The van der Waals surface area contributed by atoms with Gasteiger partial charge in [-0.05, 0) is 25.7 Å². The van der Waals surface area contributed by atoms with Gasteiger partial charge in [0.05, 0.1) is 13.0 Å². The van der Waals surface area contributed by atoms with Gasteiger partial charge in [0.25, 0.3) is 0 Å². The molecule has 2 N–H and O–H groups in total. The highest BCUT2D eigenvalue weighted by molar-refractivity contribution is 5.80. The Labute approximate surface area is 113 Å². The van der Waals surface area contributed by atoms with Crippen molar-refractivity contribution in [2.45, 2.75) is 58.2 Å². The van der Waals surface area contributed by atoms with E-state index in [0.717, 1.165) is 12.8 Å². The van der Waals surface area contributed by atoms with E-state index < -0.39 is 12.6 Å². The summed E-state index contributed by atoms with van der Waals surface area (Å²) in [5.41, 5.74) is 0. The number of nitrogens with zero attached hydrogens (tertiary/aromatic N) is 1. The smallest absolute Gasteiger partial charge is 0.357 e. The highest BCUT2D eigenvalue weighted by atomic mass is 19.4. The molecule has 0 aromatic rings. The molecule has 0 amide bonds. The SMILES string of the molecule is CCNC(=NCCC(F)(F)F)NC1CCCC(C)C1. The minimum atomic E-state index is -4.14. The molecular weight excluding hydrogens is 255 g/mol. The van der Waals surface area contributed by atoms with Crippen molar-refractivity contribution in [2.75, 3.05) is 13.1 Å². The van der Waals surface area contributed by atoms with E-state index in [4.69, 9.17) is 0 Å². The maximum absolute atomic E-state index is 12.1. The van der Waals surface area contributed by atoms with Gasteiger partial charge in [0.15, 0.2) is 5.96 Å². The van der Waals surface area contributed by atoms with Gasteiger partial charge in [-0.25, -0.2) is 0 Å². The van der Waals surface area contributed by atoms with Gasteiger partial charge in [0.2, 0.25) is 0 Å². The molecule has 3 nitrogen and oxygen atoms in total. The van der Waals surface area contributed by atoms with Crippen LogP contribution in [0.4, 0.5) is 13.2 Å². The van der Waals surface area contributed by atoms with E-state index in [9.17, 15) is 13.2 Å². The monoisotopic (exact) mass is 279 g/mol. The highest BCUT2D eigenvalue weighted by Gasteiger charge is 2.26. The summed E-state index contributed by atoms with van der Waals surface area (Å²) < 4.78 is 36.3. The van der Waals surface area contributed by atoms with Crippen LogP contribution in [0.25, 0.3) is 0 Å². The van der Waals surface area contributed by atoms with Crippen molar-refractivity contribution in [3.05, 3.63) is 0 Å². The van der Waals surface area contributed by atoms with Crippen LogP contribution in [-0.2, 0) is 0 Å². The first kappa shape index (κ1) is 16.1. The fourth-order valence-corrected chi connectivity index (χ4v) is 2.37. The van der Waals surface area contributed by atoms with Crippen molar-refractivity contribution in [3.8, 4) is 0 Å². The topological polar surface area (TPSA) is 36.4 Å². The van der Waals surface area contributed by atoms with E-state index in [1.165, 1.54) is 12.8 Å². The molecule has 0 heterocycles. The molecule has 2 atom stereocenters. The Hall–Kier alpha value is -0.940. The summed E-state index contributed by atoms with van der Waals surface area (Å²) in [7, 11) is 0. The largest absolute Gasteiger partial charge is 0.390 e. The highest BCUT2D eigenvalue weighted by Crippen LogP contribution is 2.23. The summed E-state index contributed by atoms with van der Waals surface area (Å²) in [6, 6.07) is 0.326. The van der Waals surface area contributed by atoms with Gasteiger partial charge in [0.1, 0.15) is 0 Å². The Morgan fingerprint density at radius 1 is 1.32 bits per heavy atom. The van der Waals surface area contributed by atoms with Crippen LogP contribution >= 0.6 is 0 Å². The molecule has 0 radical (unpaired) electrons. The molecule has 0 saturated heterocycles. The summed E-state index contributed by atoms with van der Waals surface area (Å²) >= 11 is 0. The average Bonchev–Trinajstić information content (AvgIpc) is 2.27. The lowest BCUT2D eigenvalue weighted by molar-refractivity contribution is -0.132. The number of rotatable bonds is 4. The van der Waals surface area contributed by atoms with Crippen molar-refractivity contribution < 1.29 is 13.2 Å². The Bertz CT molecular complexity index is 289. The molecule has 0 spiro atoms. The van der Waals surface area contributed by atoms with E-state index >= 15 is 0 Å². The summed E-state index contributed by atoms with van der Waals surface area (Å²) in [6.45, 7) is 4.55. The second kappa shape index (κ2) is 7.60. The predicted octanol–water partition coefficient (Wildman–Crippen LogP) is 3.07. The maximum atomic E-state index is 12.1. The average molecular weight is 279 g/mol. The first-order valence-electron chi connectivity index (χ1n) is 7.02. The Morgan fingerprint density at radius 2 is 2.05 bits per heavy atom. The molecule has 0 aliphatic heterocycles. The lowest BCUT2D eigenvalue weighted by Gasteiger charge is -2.28. The first-order valence-corrected chi connectivity index (χ1v) is 7.02. The zero-order chi connectivity index (χ0) is 14.3. The van der Waals surface area contributed by atoms with Crippen LogP contribution in [0.15, 0.2) is 4.99 Å². The summed E-state index contributed by atoms with van der Waals surface area (Å²) in [4.78, 5) is 3.99. The summed E-state index contributed by atoms with van der Waals surface area (Å²) in [6.07, 6.45) is -0.483. The molecule has 0 aromatic heterocycles. The van der Waals surface area contributed by atoms with Crippen molar-refractivity contribution in [2.24, 2.45) is 10.9 Å². The van der Waals surface area contributed by atoms with Crippen LogP contribution in [0.1, 0.15) is 46.0 Å². The molecule has 0 aromatic carbocycles. The number of hydrogen-bond acceptors (Lipinski definition) is 1. The number of aliphatic imine (C=N–C) groups is 1. The molecule has 2 unspecified atom stereocenters. The summed E-state index contributed by atoms with van der Waals surface area (Å²) in [5.74, 6) is 1.18. The molecular formula is C13H24F3N3. The van der Waals surface area contributed by atoms with Crippen LogP contribution in [0.5, 0.6) is 0 Å². The van der Waals surface area contributed by atoms with E-state index in [0.29, 0.717) is 24.5 Å². The zero-order valence-corrected chi connectivity index (χ0v) is 11.7. The number of guanidine groups is 1. The van der Waals surface area contributed by atoms with Crippen molar-refractivity contribution in [1.29, 1.82) is 0 Å². The molecule has 1 saturated carbocycles. The number of halogens is 3. The minimum Gasteiger partial charge on any atom is -0.357 e. The Balaban J connectivity index is 2.44. The molecule has 19 heavy (non-hydrogen) atoms. The van der Waals surface area contributed by atoms with E-state index in [-0.39, 0.29) is 6.54 Å². The normalized spacial score (nSPS) is 25.2. The third-order valence-electron chi connectivity index (χ3n) is 3.29. The van der Waals surface area contributed by atoms with Gasteiger partial charge in [-0.15, -0.1) is 0 Å². The van der Waals surface area contributed by atoms with E-state index in [2.05, 4.69) is 22.5 Å². The van der Waals surface area contributed by atoms with Crippen LogP contribution in [0, 0.1) is 5.92 Å². The fourth-order valence-electron chi connectivity index (χ4n) is 2.37. The predicted molar refractivity (Wildman–Crippen MR) is 71.2 cm³/mol. The van der Waals surface area contributed by atoms with E-state index in [1.54, 1.807) is 0 Å². The molecule has 6 heteroatoms. The van der Waals surface area contributed by atoms with Crippen molar-refractivity contribution in [1.82, 2.24) is 10.6 Å². The molecule has 1 aliphatic rings. The van der Waals surface area contributed by atoms with Gasteiger partial charge in [0, 0.05) is 12.6 Å². The standard InChI is InChI=1S/C13H24F3N3/c1-3-17-12(18-8-7-13(14,15)16)19-11-6-4-5-10(2)9-11/h10-11H,3-9H2,1-2H3,(H2,17,18,19). The molecule has 1 aliphatic carbocycles. The summed E-state index contributed by atoms with van der Waals surface area (Å²) in [5, 5.41) is 6.25. The second-order valence-corrected chi connectivity index (χ2v) is 5.24. The Kier molecular flexibility index (Phi) is 6.45. The van der Waals surface area contributed by atoms with Crippen LogP contribution in [0.3, 0.4) is 0 Å². The third-order valence-corrected chi connectivity index (χ3v) is 3.29. The van der Waals surface area contributed by atoms with Gasteiger partial charge in [-0.1, -0.05) is 19.8 Å². The van der Waals surface area contributed by atoms with Gasteiger partial charge in [-0.3, -0.25) is 4.99 Å². The molecule has 0 bridgehead atoms. The molecule has 112 valence electrons. The van der Waals surface area contributed by atoms with Gasteiger partial charge >= 0.3 is 6.18 Å². The number of hydrogen-bond donors (Lipinski definition) is 2. The van der Waals surface area contributed by atoms with E-state index in [1.807, 2.05) is 6.92 Å². The number of alkyl halides is 3. The lowest BCUT2D eigenvalue weighted by atomic mass is 9.87. The van der Waals surface area contributed by atoms with Gasteiger partial charge in [-0.2, -0.15) is 13.2 Å². The zero-order valence-electron chi connectivity index (χ0n) is 11.7. The quantitative estimate of drug-likeness (QED) is 0.613.